The molecule has 1 amide bonds. The van der Waals surface area contributed by atoms with Crippen LogP contribution in [0.15, 0.2) is 53.0 Å². The summed E-state index contributed by atoms with van der Waals surface area (Å²) in [5.41, 5.74) is 2.94. The number of halogens is 1. The van der Waals surface area contributed by atoms with Gasteiger partial charge < -0.3 is 4.90 Å². The third-order valence-corrected chi connectivity index (χ3v) is 5.32. The fourth-order valence-corrected chi connectivity index (χ4v) is 3.65. The van der Waals surface area contributed by atoms with Crippen molar-refractivity contribution < 1.29 is 4.79 Å². The van der Waals surface area contributed by atoms with Crippen LogP contribution >= 0.6 is 15.9 Å². The molecular weight excluding hydrogens is 364 g/mol. The van der Waals surface area contributed by atoms with E-state index in [4.69, 9.17) is 0 Å². The number of carbonyl (C=O) groups excluding carboxylic acids is 1. The molecule has 0 spiro atoms. The smallest absolute Gasteiger partial charge is 0.253 e. The quantitative estimate of drug-likeness (QED) is 0.785. The molecular formula is C20H23BrN2O. The fraction of sp³-hybridized carbons (Fsp3) is 0.350. The maximum atomic E-state index is 12.8. The van der Waals surface area contributed by atoms with Gasteiger partial charge in [0.1, 0.15) is 0 Å². The van der Waals surface area contributed by atoms with Crippen molar-refractivity contribution in [1.82, 2.24) is 9.80 Å². The summed E-state index contributed by atoms with van der Waals surface area (Å²) < 4.78 is 1.04. The van der Waals surface area contributed by atoms with Gasteiger partial charge in [0.05, 0.1) is 0 Å². The minimum Gasteiger partial charge on any atom is -0.336 e. The van der Waals surface area contributed by atoms with Gasteiger partial charge in [-0.25, -0.2) is 0 Å². The molecule has 0 saturated carbocycles. The summed E-state index contributed by atoms with van der Waals surface area (Å²) in [6, 6.07) is 16.6. The second kappa shape index (κ2) is 7.49. The van der Waals surface area contributed by atoms with Gasteiger partial charge in [0.25, 0.3) is 5.91 Å². The first-order valence-corrected chi connectivity index (χ1v) is 9.24. The SMILES string of the molecule is CC(C)N1CCN(C(=O)c2cccc(-c3ccccc3Br)c2)CC1. The second-order valence-electron chi connectivity index (χ2n) is 6.48. The van der Waals surface area contributed by atoms with Crippen LogP contribution in [-0.2, 0) is 0 Å². The molecule has 0 aromatic heterocycles. The second-order valence-corrected chi connectivity index (χ2v) is 7.34. The summed E-state index contributed by atoms with van der Waals surface area (Å²) in [6.07, 6.45) is 0. The number of piperazine rings is 1. The number of carbonyl (C=O) groups is 1. The Bertz CT molecular complexity index is 721. The average Bonchev–Trinajstić information content (AvgIpc) is 2.61. The first kappa shape index (κ1) is 17.2. The molecule has 1 heterocycles. The summed E-state index contributed by atoms with van der Waals surface area (Å²) >= 11 is 3.59. The number of nitrogens with zero attached hydrogens (tertiary/aromatic N) is 2. The third kappa shape index (κ3) is 3.70. The standard InChI is InChI=1S/C20H23BrN2O/c1-15(2)22-10-12-23(13-11-22)20(24)17-7-5-6-16(14-17)18-8-3-4-9-19(18)21/h3-9,14-15H,10-13H2,1-2H3. The highest BCUT2D eigenvalue weighted by atomic mass is 79.9. The van der Waals surface area contributed by atoms with Crippen LogP contribution in [-0.4, -0.2) is 47.9 Å². The fourth-order valence-electron chi connectivity index (χ4n) is 3.14. The molecule has 3 nitrogen and oxygen atoms in total. The van der Waals surface area contributed by atoms with E-state index in [1.165, 1.54) is 0 Å². The van der Waals surface area contributed by atoms with Crippen molar-refractivity contribution in [3.05, 3.63) is 58.6 Å². The Morgan fingerprint density at radius 3 is 2.38 bits per heavy atom. The van der Waals surface area contributed by atoms with E-state index in [9.17, 15) is 4.79 Å². The van der Waals surface area contributed by atoms with Gasteiger partial charge in [-0.15, -0.1) is 0 Å². The highest BCUT2D eigenvalue weighted by Crippen LogP contribution is 2.28. The molecule has 0 unspecified atom stereocenters. The van der Waals surface area contributed by atoms with Crippen LogP contribution < -0.4 is 0 Å². The zero-order chi connectivity index (χ0) is 17.1. The van der Waals surface area contributed by atoms with Crippen LogP contribution in [0.2, 0.25) is 0 Å². The van der Waals surface area contributed by atoms with Gasteiger partial charge >= 0.3 is 0 Å². The van der Waals surface area contributed by atoms with Crippen LogP contribution in [0.4, 0.5) is 0 Å². The Morgan fingerprint density at radius 2 is 1.71 bits per heavy atom. The summed E-state index contributed by atoms with van der Waals surface area (Å²) in [7, 11) is 0. The lowest BCUT2D eigenvalue weighted by Gasteiger charge is -2.37. The van der Waals surface area contributed by atoms with Crippen molar-refractivity contribution >= 4 is 21.8 Å². The highest BCUT2D eigenvalue weighted by molar-refractivity contribution is 9.10. The van der Waals surface area contributed by atoms with Gasteiger partial charge in [0, 0.05) is 42.3 Å². The van der Waals surface area contributed by atoms with E-state index in [-0.39, 0.29) is 5.91 Å². The maximum absolute atomic E-state index is 12.8. The van der Waals surface area contributed by atoms with Gasteiger partial charge in [-0.05, 0) is 43.2 Å². The van der Waals surface area contributed by atoms with Crippen LogP contribution in [0.25, 0.3) is 11.1 Å². The Hall–Kier alpha value is -1.65. The molecule has 1 aliphatic heterocycles. The van der Waals surface area contributed by atoms with E-state index in [1.54, 1.807) is 0 Å². The van der Waals surface area contributed by atoms with Crippen molar-refractivity contribution in [3.8, 4) is 11.1 Å². The van der Waals surface area contributed by atoms with Crippen molar-refractivity contribution in [3.63, 3.8) is 0 Å². The van der Waals surface area contributed by atoms with Crippen LogP contribution in [0, 0.1) is 0 Å². The Balaban J connectivity index is 1.77. The zero-order valence-corrected chi connectivity index (χ0v) is 15.8. The van der Waals surface area contributed by atoms with E-state index >= 15 is 0 Å². The monoisotopic (exact) mass is 386 g/mol. The number of rotatable bonds is 3. The van der Waals surface area contributed by atoms with E-state index in [0.717, 1.165) is 47.3 Å². The van der Waals surface area contributed by atoms with Crippen molar-refractivity contribution in [2.24, 2.45) is 0 Å². The first-order chi connectivity index (χ1) is 11.6. The molecule has 0 aliphatic carbocycles. The van der Waals surface area contributed by atoms with E-state index < -0.39 is 0 Å². The van der Waals surface area contributed by atoms with Crippen molar-refractivity contribution in [2.75, 3.05) is 26.2 Å². The molecule has 24 heavy (non-hydrogen) atoms. The topological polar surface area (TPSA) is 23.6 Å². The van der Waals surface area contributed by atoms with Gasteiger partial charge in [0.2, 0.25) is 0 Å². The van der Waals surface area contributed by atoms with Crippen LogP contribution in [0.1, 0.15) is 24.2 Å². The molecule has 1 saturated heterocycles. The predicted molar refractivity (Wildman–Crippen MR) is 102 cm³/mol. The van der Waals surface area contributed by atoms with Gasteiger partial charge in [-0.2, -0.15) is 0 Å². The van der Waals surface area contributed by atoms with Gasteiger partial charge in [-0.1, -0.05) is 46.3 Å². The number of benzene rings is 2. The lowest BCUT2D eigenvalue weighted by Crippen LogP contribution is -2.50. The normalized spacial score (nSPS) is 15.8. The van der Waals surface area contributed by atoms with E-state index in [2.05, 4.69) is 40.7 Å². The summed E-state index contributed by atoms with van der Waals surface area (Å²) in [4.78, 5) is 17.2. The van der Waals surface area contributed by atoms with Gasteiger partial charge in [-0.3, -0.25) is 9.69 Å². The minimum absolute atomic E-state index is 0.132. The summed E-state index contributed by atoms with van der Waals surface area (Å²) in [5.74, 6) is 0.132. The molecule has 1 fully saturated rings. The van der Waals surface area contributed by atoms with Crippen molar-refractivity contribution in [1.29, 1.82) is 0 Å². The Kier molecular flexibility index (Phi) is 5.36. The summed E-state index contributed by atoms with van der Waals surface area (Å²) in [6.45, 7) is 7.92. The summed E-state index contributed by atoms with van der Waals surface area (Å²) in [5, 5.41) is 0. The molecule has 0 radical (unpaired) electrons. The lowest BCUT2D eigenvalue weighted by molar-refractivity contribution is 0.0595. The number of hydrogen-bond acceptors (Lipinski definition) is 2. The molecule has 2 aromatic carbocycles. The predicted octanol–water partition coefficient (Wildman–Crippen LogP) is 4.28. The molecule has 2 aromatic rings. The first-order valence-electron chi connectivity index (χ1n) is 8.44. The van der Waals surface area contributed by atoms with Crippen LogP contribution in [0.5, 0.6) is 0 Å². The molecule has 0 N–H and O–H groups in total. The number of hydrogen-bond donors (Lipinski definition) is 0. The molecule has 1 aliphatic rings. The van der Waals surface area contributed by atoms with E-state index in [1.807, 2.05) is 47.4 Å². The minimum atomic E-state index is 0.132. The number of amides is 1. The molecule has 0 atom stereocenters. The van der Waals surface area contributed by atoms with Gasteiger partial charge in [0.15, 0.2) is 0 Å². The van der Waals surface area contributed by atoms with E-state index in [0.29, 0.717) is 6.04 Å². The molecule has 4 heteroatoms. The molecule has 126 valence electrons. The third-order valence-electron chi connectivity index (χ3n) is 4.63. The zero-order valence-electron chi connectivity index (χ0n) is 14.2. The largest absolute Gasteiger partial charge is 0.336 e. The Morgan fingerprint density at radius 1 is 1.00 bits per heavy atom. The Labute approximate surface area is 152 Å². The average molecular weight is 387 g/mol. The maximum Gasteiger partial charge on any atom is 0.253 e. The molecule has 0 bridgehead atoms. The van der Waals surface area contributed by atoms with Crippen molar-refractivity contribution in [2.45, 2.75) is 19.9 Å². The molecule has 3 rings (SSSR count). The highest BCUT2D eigenvalue weighted by Gasteiger charge is 2.23. The van der Waals surface area contributed by atoms with Crippen LogP contribution in [0.3, 0.4) is 0 Å². The lowest BCUT2D eigenvalue weighted by atomic mass is 10.0.